The van der Waals surface area contributed by atoms with Gasteiger partial charge in [0.15, 0.2) is 0 Å². The van der Waals surface area contributed by atoms with Crippen LogP contribution in [0.25, 0.3) is 0 Å². The van der Waals surface area contributed by atoms with E-state index in [1.807, 2.05) is 30.3 Å². The van der Waals surface area contributed by atoms with Crippen molar-refractivity contribution in [1.29, 1.82) is 0 Å². The molecule has 2 aromatic carbocycles. The van der Waals surface area contributed by atoms with Crippen LogP contribution in [0.15, 0.2) is 48.5 Å². The van der Waals surface area contributed by atoms with Gasteiger partial charge in [-0.25, -0.2) is 0 Å². The zero-order valence-corrected chi connectivity index (χ0v) is 12.8. The zero-order valence-electron chi connectivity index (χ0n) is 12.0. The summed E-state index contributed by atoms with van der Waals surface area (Å²) in [5.41, 5.74) is 7.52. The van der Waals surface area contributed by atoms with E-state index in [1.165, 1.54) is 0 Å². The number of ether oxygens (including phenoxy) is 1. The predicted molar refractivity (Wildman–Crippen MR) is 86.3 cm³/mol. The minimum absolute atomic E-state index is 0.0176. The van der Waals surface area contributed by atoms with Gasteiger partial charge in [-0.15, -0.1) is 0 Å². The molecule has 5 heteroatoms. The van der Waals surface area contributed by atoms with E-state index in [1.54, 1.807) is 18.2 Å². The number of hydrogen-bond donors (Lipinski definition) is 2. The Labute approximate surface area is 134 Å². The van der Waals surface area contributed by atoms with Crippen molar-refractivity contribution >= 4 is 17.6 Å². The molecule has 0 aliphatic rings. The van der Waals surface area contributed by atoms with Gasteiger partial charge in [-0.1, -0.05) is 48.0 Å². The van der Waals surface area contributed by atoms with Crippen LogP contribution in [0.3, 0.4) is 0 Å². The summed E-state index contributed by atoms with van der Waals surface area (Å²) in [5.74, 6) is -0.599. The second kappa shape index (κ2) is 7.82. The van der Waals surface area contributed by atoms with E-state index in [-0.39, 0.29) is 18.9 Å². The van der Waals surface area contributed by atoms with E-state index in [9.17, 15) is 4.79 Å². The molecule has 1 atom stereocenters. The molecule has 0 unspecified atom stereocenters. The predicted octanol–water partition coefficient (Wildman–Crippen LogP) is 3.44. The second-order valence-electron chi connectivity index (χ2n) is 4.99. The highest BCUT2D eigenvalue weighted by molar-refractivity contribution is 6.32. The SMILES string of the molecule is NC[C@H](CC(=O)O)c1ccc(Cl)c(OCc2ccccc2)c1. The van der Waals surface area contributed by atoms with Gasteiger partial charge >= 0.3 is 5.97 Å². The van der Waals surface area contributed by atoms with Crippen LogP contribution in [-0.4, -0.2) is 17.6 Å². The highest BCUT2D eigenvalue weighted by Crippen LogP contribution is 2.30. The van der Waals surface area contributed by atoms with Crippen molar-refractivity contribution in [3.8, 4) is 5.75 Å². The molecule has 22 heavy (non-hydrogen) atoms. The molecule has 0 aliphatic carbocycles. The average molecular weight is 320 g/mol. The average Bonchev–Trinajstić information content (AvgIpc) is 2.53. The highest BCUT2D eigenvalue weighted by atomic mass is 35.5. The molecule has 116 valence electrons. The molecule has 2 aromatic rings. The molecule has 0 bridgehead atoms. The summed E-state index contributed by atoms with van der Waals surface area (Å²) in [6, 6.07) is 15.0. The maximum absolute atomic E-state index is 10.9. The van der Waals surface area contributed by atoms with Crippen molar-refractivity contribution < 1.29 is 14.6 Å². The summed E-state index contributed by atoms with van der Waals surface area (Å²) >= 11 is 6.14. The summed E-state index contributed by atoms with van der Waals surface area (Å²) in [6.07, 6.45) is -0.0176. The molecule has 0 saturated heterocycles. The van der Waals surface area contributed by atoms with Crippen LogP contribution in [0.2, 0.25) is 5.02 Å². The molecule has 0 saturated carbocycles. The van der Waals surface area contributed by atoms with Crippen molar-refractivity contribution in [3.05, 3.63) is 64.7 Å². The van der Waals surface area contributed by atoms with Crippen LogP contribution in [-0.2, 0) is 11.4 Å². The Hall–Kier alpha value is -2.04. The molecule has 0 radical (unpaired) electrons. The number of carboxylic acid groups (broad SMARTS) is 1. The van der Waals surface area contributed by atoms with E-state index in [4.69, 9.17) is 27.2 Å². The molecule has 4 nitrogen and oxygen atoms in total. The Morgan fingerprint density at radius 1 is 1.23 bits per heavy atom. The number of carboxylic acids is 1. The molecule has 2 rings (SSSR count). The molecule has 0 amide bonds. The van der Waals surface area contributed by atoms with Crippen LogP contribution < -0.4 is 10.5 Å². The Balaban J connectivity index is 2.14. The third-order valence-corrected chi connectivity index (χ3v) is 3.68. The third kappa shape index (κ3) is 4.48. The summed E-state index contributed by atoms with van der Waals surface area (Å²) < 4.78 is 5.74. The van der Waals surface area contributed by atoms with Crippen molar-refractivity contribution in [2.45, 2.75) is 18.9 Å². The first-order valence-corrected chi connectivity index (χ1v) is 7.36. The molecule has 3 N–H and O–H groups in total. The number of aliphatic carboxylic acids is 1. The fourth-order valence-corrected chi connectivity index (χ4v) is 2.34. The fourth-order valence-electron chi connectivity index (χ4n) is 2.17. The molecule has 0 fully saturated rings. The van der Waals surface area contributed by atoms with Crippen LogP contribution in [0.4, 0.5) is 0 Å². The lowest BCUT2D eigenvalue weighted by Gasteiger charge is -2.15. The first kappa shape index (κ1) is 16.3. The standard InChI is InChI=1S/C17H18ClNO3/c18-15-7-6-13(14(10-19)9-17(20)21)8-16(15)22-11-12-4-2-1-3-5-12/h1-8,14H,9-11,19H2,(H,20,21)/t14-/m0/s1. The minimum Gasteiger partial charge on any atom is -0.487 e. The van der Waals surface area contributed by atoms with Crippen molar-refractivity contribution in [3.63, 3.8) is 0 Å². The lowest BCUT2D eigenvalue weighted by atomic mass is 9.96. The van der Waals surface area contributed by atoms with E-state index in [0.29, 0.717) is 17.4 Å². The molecular formula is C17H18ClNO3. The third-order valence-electron chi connectivity index (χ3n) is 3.37. The van der Waals surface area contributed by atoms with E-state index in [2.05, 4.69) is 0 Å². The molecule has 0 aliphatic heterocycles. The smallest absolute Gasteiger partial charge is 0.304 e. The number of carbonyl (C=O) groups is 1. The summed E-state index contributed by atoms with van der Waals surface area (Å²) in [7, 11) is 0. The summed E-state index contributed by atoms with van der Waals surface area (Å²) in [4.78, 5) is 10.9. The van der Waals surface area contributed by atoms with Crippen LogP contribution >= 0.6 is 11.6 Å². The fraction of sp³-hybridized carbons (Fsp3) is 0.235. The monoisotopic (exact) mass is 319 g/mol. The van der Waals surface area contributed by atoms with E-state index >= 15 is 0 Å². The summed E-state index contributed by atoms with van der Waals surface area (Å²) in [6.45, 7) is 0.655. The summed E-state index contributed by atoms with van der Waals surface area (Å²) in [5, 5.41) is 9.43. The lowest BCUT2D eigenvalue weighted by Crippen LogP contribution is -2.16. The molecule has 0 heterocycles. The number of hydrogen-bond acceptors (Lipinski definition) is 3. The van der Waals surface area contributed by atoms with Gasteiger partial charge in [0.05, 0.1) is 11.4 Å². The van der Waals surface area contributed by atoms with Gasteiger partial charge in [0.1, 0.15) is 12.4 Å². The number of nitrogens with two attached hydrogens (primary N) is 1. The molecule has 0 spiro atoms. The van der Waals surface area contributed by atoms with E-state index in [0.717, 1.165) is 11.1 Å². The molecule has 0 aromatic heterocycles. The van der Waals surface area contributed by atoms with Gasteiger partial charge in [0.25, 0.3) is 0 Å². The largest absolute Gasteiger partial charge is 0.487 e. The second-order valence-corrected chi connectivity index (χ2v) is 5.40. The van der Waals surface area contributed by atoms with Gasteiger partial charge in [0, 0.05) is 5.92 Å². The lowest BCUT2D eigenvalue weighted by molar-refractivity contribution is -0.137. The minimum atomic E-state index is -0.878. The van der Waals surface area contributed by atoms with E-state index < -0.39 is 5.97 Å². The Morgan fingerprint density at radius 2 is 1.95 bits per heavy atom. The Kier molecular flexibility index (Phi) is 5.81. The normalized spacial score (nSPS) is 11.9. The zero-order chi connectivity index (χ0) is 15.9. The first-order valence-electron chi connectivity index (χ1n) is 6.98. The number of halogens is 1. The maximum atomic E-state index is 10.9. The van der Waals surface area contributed by atoms with Gasteiger partial charge in [-0.3, -0.25) is 4.79 Å². The van der Waals surface area contributed by atoms with Gasteiger partial charge in [-0.05, 0) is 29.8 Å². The quantitative estimate of drug-likeness (QED) is 0.820. The number of rotatable bonds is 7. The first-order chi connectivity index (χ1) is 10.6. The Morgan fingerprint density at radius 3 is 2.59 bits per heavy atom. The van der Waals surface area contributed by atoms with Crippen molar-refractivity contribution in [2.24, 2.45) is 5.73 Å². The molecular weight excluding hydrogens is 302 g/mol. The van der Waals surface area contributed by atoms with Gasteiger partial charge < -0.3 is 15.6 Å². The van der Waals surface area contributed by atoms with Crippen LogP contribution in [0.5, 0.6) is 5.75 Å². The van der Waals surface area contributed by atoms with Gasteiger partial charge in [0.2, 0.25) is 0 Å². The Bertz CT molecular complexity index is 631. The van der Waals surface area contributed by atoms with Crippen LogP contribution in [0, 0.1) is 0 Å². The maximum Gasteiger partial charge on any atom is 0.304 e. The van der Waals surface area contributed by atoms with Gasteiger partial charge in [-0.2, -0.15) is 0 Å². The topological polar surface area (TPSA) is 72.6 Å². The number of benzene rings is 2. The van der Waals surface area contributed by atoms with Crippen molar-refractivity contribution in [1.82, 2.24) is 0 Å². The highest BCUT2D eigenvalue weighted by Gasteiger charge is 2.16. The van der Waals surface area contributed by atoms with Crippen LogP contribution in [0.1, 0.15) is 23.5 Å². The van der Waals surface area contributed by atoms with Crippen molar-refractivity contribution in [2.75, 3.05) is 6.54 Å².